The molecule has 0 bridgehead atoms. The van der Waals surface area contributed by atoms with Crippen LogP contribution in [0.4, 0.5) is 17.5 Å². The van der Waals surface area contributed by atoms with E-state index in [1.165, 1.54) is 20.3 Å². The summed E-state index contributed by atoms with van der Waals surface area (Å²) in [6, 6.07) is 15.6. The number of anilines is 3. The Labute approximate surface area is 216 Å². The van der Waals surface area contributed by atoms with E-state index >= 15 is 0 Å². The van der Waals surface area contributed by atoms with Crippen molar-refractivity contribution >= 4 is 28.5 Å². The normalized spacial score (nSPS) is 11.6. The SMILES string of the molecule is COc1cc(Cc2cnc(N)nc2N)cc(OC)c1OCc1ccc(S(=O)[O-])cc1-c1ccc(N)cc1. The van der Waals surface area contributed by atoms with Gasteiger partial charge in [-0.1, -0.05) is 18.2 Å². The van der Waals surface area contributed by atoms with Crippen LogP contribution in [0.15, 0.2) is 65.7 Å². The highest BCUT2D eigenvalue weighted by Gasteiger charge is 2.17. The molecule has 0 aliphatic rings. The Morgan fingerprint density at radius 3 is 2.19 bits per heavy atom. The molecule has 0 aliphatic heterocycles. The molecule has 192 valence electrons. The first kappa shape index (κ1) is 25.7. The van der Waals surface area contributed by atoms with Crippen LogP contribution in [0.5, 0.6) is 17.2 Å². The maximum Gasteiger partial charge on any atom is 0.221 e. The summed E-state index contributed by atoms with van der Waals surface area (Å²) >= 11 is -2.38. The van der Waals surface area contributed by atoms with Gasteiger partial charge in [0.25, 0.3) is 0 Å². The van der Waals surface area contributed by atoms with Gasteiger partial charge < -0.3 is 36.0 Å². The molecule has 10 nitrogen and oxygen atoms in total. The first-order valence-corrected chi connectivity index (χ1v) is 12.2. The van der Waals surface area contributed by atoms with Crippen molar-refractivity contribution in [3.8, 4) is 28.4 Å². The maximum absolute atomic E-state index is 11.6. The van der Waals surface area contributed by atoms with Gasteiger partial charge in [0.1, 0.15) is 12.4 Å². The average Bonchev–Trinajstić information content (AvgIpc) is 2.89. The Balaban J connectivity index is 1.66. The molecule has 1 heterocycles. The number of rotatable bonds is 9. The van der Waals surface area contributed by atoms with E-state index in [-0.39, 0.29) is 17.5 Å². The molecule has 1 atom stereocenters. The fraction of sp³-hybridized carbons (Fsp3) is 0.154. The van der Waals surface area contributed by atoms with Gasteiger partial charge in [-0.15, -0.1) is 0 Å². The van der Waals surface area contributed by atoms with Crippen molar-refractivity contribution in [3.05, 3.63) is 77.5 Å². The molecule has 1 unspecified atom stereocenters. The zero-order chi connectivity index (χ0) is 26.5. The van der Waals surface area contributed by atoms with E-state index in [9.17, 15) is 8.76 Å². The van der Waals surface area contributed by atoms with E-state index in [0.717, 1.165) is 16.7 Å². The molecule has 0 amide bonds. The molecular formula is C26H26N5O5S-. The number of nitrogens with zero attached hydrogens (tertiary/aromatic N) is 2. The third-order valence-corrected chi connectivity index (χ3v) is 6.34. The number of nitrogens with two attached hydrogens (primary N) is 3. The Kier molecular flexibility index (Phi) is 7.75. The molecule has 37 heavy (non-hydrogen) atoms. The number of nitrogen functional groups attached to an aromatic ring is 3. The number of hydrogen-bond acceptors (Lipinski definition) is 10. The molecule has 11 heteroatoms. The molecule has 0 saturated carbocycles. The van der Waals surface area contributed by atoms with Crippen LogP contribution >= 0.6 is 0 Å². The van der Waals surface area contributed by atoms with Crippen molar-refractivity contribution in [1.82, 2.24) is 9.97 Å². The molecular weight excluding hydrogens is 494 g/mol. The average molecular weight is 521 g/mol. The lowest BCUT2D eigenvalue weighted by Crippen LogP contribution is -2.05. The first-order valence-electron chi connectivity index (χ1n) is 11.1. The summed E-state index contributed by atoms with van der Waals surface area (Å²) in [4.78, 5) is 8.18. The molecule has 0 spiro atoms. The highest BCUT2D eigenvalue weighted by molar-refractivity contribution is 7.79. The summed E-state index contributed by atoms with van der Waals surface area (Å²) in [5, 5.41) is 0. The first-order chi connectivity index (χ1) is 17.8. The molecule has 3 aromatic carbocycles. The lowest BCUT2D eigenvalue weighted by atomic mass is 10.00. The lowest BCUT2D eigenvalue weighted by molar-refractivity contribution is 0.266. The minimum atomic E-state index is -2.38. The van der Waals surface area contributed by atoms with E-state index in [1.54, 1.807) is 30.5 Å². The maximum atomic E-state index is 11.6. The van der Waals surface area contributed by atoms with Crippen LogP contribution in [0, 0.1) is 0 Å². The highest BCUT2D eigenvalue weighted by Crippen LogP contribution is 2.40. The van der Waals surface area contributed by atoms with Gasteiger partial charge in [0.2, 0.25) is 11.7 Å². The molecule has 0 fully saturated rings. The summed E-state index contributed by atoms with van der Waals surface area (Å²) in [6.07, 6.45) is 2.01. The Hall–Kier alpha value is -4.35. The van der Waals surface area contributed by atoms with E-state index in [0.29, 0.717) is 46.3 Å². The standard InChI is InChI=1S/C26H27N5O5S/c1-34-22-10-15(9-18-13-30-26(29)31-25(18)28)11-23(35-2)24(22)36-14-17-5-8-20(37(32)33)12-21(17)16-3-6-19(27)7-4-16/h3-8,10-13H,9,14,27H2,1-2H3,(H,32,33)(H4,28,29,30,31)/p-1. The van der Waals surface area contributed by atoms with Crippen LogP contribution in [0.3, 0.4) is 0 Å². The van der Waals surface area contributed by atoms with Gasteiger partial charge in [0.15, 0.2) is 11.5 Å². The van der Waals surface area contributed by atoms with Crippen molar-refractivity contribution < 1.29 is 23.0 Å². The predicted molar refractivity (Wildman–Crippen MR) is 141 cm³/mol. The fourth-order valence-electron chi connectivity index (χ4n) is 3.84. The third-order valence-electron chi connectivity index (χ3n) is 5.70. The van der Waals surface area contributed by atoms with Crippen LogP contribution in [0.1, 0.15) is 16.7 Å². The summed E-state index contributed by atoms with van der Waals surface area (Å²) in [6.45, 7) is 0.121. The molecule has 4 aromatic rings. The quantitative estimate of drug-likeness (QED) is 0.219. The predicted octanol–water partition coefficient (Wildman–Crippen LogP) is 3.32. The van der Waals surface area contributed by atoms with Gasteiger partial charge in [-0.2, -0.15) is 4.98 Å². The number of benzene rings is 3. The van der Waals surface area contributed by atoms with Crippen molar-refractivity contribution in [2.75, 3.05) is 31.4 Å². The Bertz CT molecular complexity index is 1420. The fourth-order valence-corrected chi connectivity index (χ4v) is 4.23. The van der Waals surface area contributed by atoms with Gasteiger partial charge >= 0.3 is 0 Å². The van der Waals surface area contributed by atoms with Crippen molar-refractivity contribution in [1.29, 1.82) is 0 Å². The van der Waals surface area contributed by atoms with E-state index < -0.39 is 11.1 Å². The minimum Gasteiger partial charge on any atom is -0.768 e. The molecule has 6 N–H and O–H groups in total. The highest BCUT2D eigenvalue weighted by atomic mass is 32.2. The monoisotopic (exact) mass is 520 g/mol. The molecule has 4 rings (SSSR count). The van der Waals surface area contributed by atoms with Crippen molar-refractivity contribution in [3.63, 3.8) is 0 Å². The van der Waals surface area contributed by atoms with Crippen LogP contribution in [-0.2, 0) is 24.1 Å². The summed E-state index contributed by atoms with van der Waals surface area (Å²) in [7, 11) is 3.06. The number of aromatic nitrogens is 2. The van der Waals surface area contributed by atoms with E-state index in [4.69, 9.17) is 31.4 Å². The summed E-state index contributed by atoms with van der Waals surface area (Å²) in [5.74, 6) is 1.71. The van der Waals surface area contributed by atoms with Crippen LogP contribution in [0.25, 0.3) is 11.1 Å². The summed E-state index contributed by atoms with van der Waals surface area (Å²) in [5.41, 5.74) is 21.8. The largest absolute Gasteiger partial charge is 0.768 e. The van der Waals surface area contributed by atoms with Crippen LogP contribution in [-0.4, -0.2) is 32.9 Å². The second-order valence-corrected chi connectivity index (χ2v) is 9.05. The van der Waals surface area contributed by atoms with Crippen molar-refractivity contribution in [2.24, 2.45) is 0 Å². The van der Waals surface area contributed by atoms with E-state index in [1.807, 2.05) is 24.3 Å². The zero-order valence-corrected chi connectivity index (χ0v) is 21.1. The minimum absolute atomic E-state index is 0.105. The van der Waals surface area contributed by atoms with Gasteiger partial charge in [0, 0.05) is 28.8 Å². The van der Waals surface area contributed by atoms with Crippen LogP contribution < -0.4 is 31.4 Å². The number of hydrogen-bond donors (Lipinski definition) is 3. The van der Waals surface area contributed by atoms with Gasteiger partial charge in [-0.3, -0.25) is 4.21 Å². The topological polar surface area (TPSA) is 172 Å². The number of methoxy groups -OCH3 is 2. The third kappa shape index (κ3) is 5.90. The van der Waals surface area contributed by atoms with E-state index in [2.05, 4.69) is 9.97 Å². The Morgan fingerprint density at radius 1 is 0.919 bits per heavy atom. The lowest BCUT2D eigenvalue weighted by Gasteiger charge is -2.18. The van der Waals surface area contributed by atoms with Crippen molar-refractivity contribution in [2.45, 2.75) is 17.9 Å². The zero-order valence-electron chi connectivity index (χ0n) is 20.3. The second kappa shape index (κ2) is 11.1. The molecule has 1 aromatic heterocycles. The molecule has 0 radical (unpaired) electrons. The molecule has 0 saturated heterocycles. The summed E-state index contributed by atoms with van der Waals surface area (Å²) < 4.78 is 40.6. The molecule has 0 aliphatic carbocycles. The van der Waals surface area contributed by atoms with Gasteiger partial charge in [-0.05, 0) is 69.7 Å². The van der Waals surface area contributed by atoms with Gasteiger partial charge in [-0.25, -0.2) is 4.98 Å². The smallest absolute Gasteiger partial charge is 0.221 e. The second-order valence-electron chi connectivity index (χ2n) is 8.11. The van der Waals surface area contributed by atoms with Crippen LogP contribution in [0.2, 0.25) is 0 Å². The Morgan fingerprint density at radius 2 is 1.59 bits per heavy atom. The van der Waals surface area contributed by atoms with Gasteiger partial charge in [0.05, 0.1) is 14.2 Å². The number of ether oxygens (including phenoxy) is 3.